The van der Waals surface area contributed by atoms with Gasteiger partial charge in [-0.1, -0.05) is 59.1 Å². The van der Waals surface area contributed by atoms with Crippen LogP contribution in [0, 0.1) is 0 Å². The molecule has 0 radical (unpaired) electrons. The molecule has 0 amide bonds. The molecule has 20 heavy (non-hydrogen) atoms. The summed E-state index contributed by atoms with van der Waals surface area (Å²) in [6, 6.07) is 9.04. The summed E-state index contributed by atoms with van der Waals surface area (Å²) in [5.74, 6) is 0. The molecule has 1 unspecified atom stereocenters. The summed E-state index contributed by atoms with van der Waals surface area (Å²) in [6.45, 7) is 9.68. The summed E-state index contributed by atoms with van der Waals surface area (Å²) in [6.07, 6.45) is 7.29. The molecule has 1 saturated heterocycles. The zero-order chi connectivity index (χ0) is 14.5. The molecule has 1 aromatic rings. The van der Waals surface area contributed by atoms with Crippen LogP contribution in [0.1, 0.15) is 51.1 Å². The first-order valence-corrected chi connectivity index (χ1v) is 8.24. The lowest BCUT2D eigenvalue weighted by Crippen LogP contribution is -2.27. The predicted molar refractivity (Wildman–Crippen MR) is 90.6 cm³/mol. The molecule has 2 heteroatoms. The second kappa shape index (κ2) is 7.12. The van der Waals surface area contributed by atoms with E-state index < -0.39 is 0 Å². The van der Waals surface area contributed by atoms with E-state index in [1.807, 2.05) is 0 Å². The van der Waals surface area contributed by atoms with Crippen molar-refractivity contribution in [3.05, 3.63) is 58.2 Å². The van der Waals surface area contributed by atoms with Crippen molar-refractivity contribution in [3.8, 4) is 0 Å². The molecule has 0 bridgehead atoms. The van der Waals surface area contributed by atoms with Gasteiger partial charge in [0.15, 0.2) is 0 Å². The Morgan fingerprint density at radius 3 is 2.70 bits per heavy atom. The normalized spacial score (nSPS) is 19.4. The van der Waals surface area contributed by atoms with Crippen LogP contribution in [-0.4, -0.2) is 11.4 Å². The number of likely N-dealkylation sites (tertiary alicyclic amines) is 1. The van der Waals surface area contributed by atoms with Gasteiger partial charge in [-0.3, -0.25) is 0 Å². The van der Waals surface area contributed by atoms with Crippen LogP contribution in [0.2, 0.25) is 0 Å². The topological polar surface area (TPSA) is 3.24 Å². The smallest absolute Gasteiger partial charge is 0.0553 e. The van der Waals surface area contributed by atoms with E-state index in [4.69, 9.17) is 0 Å². The number of halogens is 1. The summed E-state index contributed by atoms with van der Waals surface area (Å²) in [5.41, 5.74) is 3.84. The van der Waals surface area contributed by atoms with Gasteiger partial charge in [0.05, 0.1) is 6.04 Å². The molecule has 2 rings (SSSR count). The highest BCUT2D eigenvalue weighted by molar-refractivity contribution is 9.10. The van der Waals surface area contributed by atoms with Crippen molar-refractivity contribution in [1.29, 1.82) is 0 Å². The first-order chi connectivity index (χ1) is 9.59. The summed E-state index contributed by atoms with van der Waals surface area (Å²) in [7, 11) is 0. The molecule has 1 nitrogen and oxygen atoms in total. The molecule has 0 N–H and O–H groups in total. The quantitative estimate of drug-likeness (QED) is 0.627. The lowest BCUT2D eigenvalue weighted by molar-refractivity contribution is 0.268. The van der Waals surface area contributed by atoms with E-state index in [2.05, 4.69) is 71.6 Å². The maximum Gasteiger partial charge on any atom is 0.0553 e. The molecule has 1 fully saturated rings. The maximum absolute atomic E-state index is 4.30. The van der Waals surface area contributed by atoms with E-state index in [1.54, 1.807) is 0 Å². The fourth-order valence-corrected chi connectivity index (χ4v) is 3.49. The standard InChI is InChI=1S/C18H24BrN/c1-14(2)13-15(3)20-12-8-4-5-11-18(20)16-9-6-7-10-17(16)19/h6-7,9-10,13,18H,3-5,8,11-12H2,1-2H3. The van der Waals surface area contributed by atoms with E-state index in [-0.39, 0.29) is 0 Å². The molecule has 0 spiro atoms. The zero-order valence-corrected chi connectivity index (χ0v) is 14.1. The van der Waals surface area contributed by atoms with Crippen LogP contribution >= 0.6 is 15.9 Å². The fraction of sp³-hybridized carbons (Fsp3) is 0.444. The van der Waals surface area contributed by atoms with Crippen molar-refractivity contribution in [2.24, 2.45) is 0 Å². The van der Waals surface area contributed by atoms with Gasteiger partial charge in [0.2, 0.25) is 0 Å². The molecule has 0 aliphatic carbocycles. The second-order valence-corrected chi connectivity index (χ2v) is 6.65. The van der Waals surface area contributed by atoms with Crippen molar-refractivity contribution in [2.75, 3.05) is 6.54 Å². The monoisotopic (exact) mass is 333 g/mol. The van der Waals surface area contributed by atoms with Gasteiger partial charge in [-0.15, -0.1) is 0 Å². The lowest BCUT2D eigenvalue weighted by Gasteiger charge is -2.33. The Morgan fingerprint density at radius 2 is 2.00 bits per heavy atom. The van der Waals surface area contributed by atoms with E-state index in [0.717, 1.165) is 12.2 Å². The Kier molecular flexibility index (Phi) is 5.47. The van der Waals surface area contributed by atoms with Gasteiger partial charge in [0.1, 0.15) is 0 Å². The van der Waals surface area contributed by atoms with Crippen LogP contribution in [0.15, 0.2) is 52.7 Å². The second-order valence-electron chi connectivity index (χ2n) is 5.79. The number of rotatable bonds is 3. The number of hydrogen-bond acceptors (Lipinski definition) is 1. The largest absolute Gasteiger partial charge is 0.365 e. The van der Waals surface area contributed by atoms with Gasteiger partial charge in [-0.2, -0.15) is 0 Å². The molecule has 0 aromatic heterocycles. The highest BCUT2D eigenvalue weighted by Gasteiger charge is 2.24. The molecule has 108 valence electrons. The summed E-state index contributed by atoms with van der Waals surface area (Å²) in [5, 5.41) is 0. The van der Waals surface area contributed by atoms with E-state index in [9.17, 15) is 0 Å². The summed E-state index contributed by atoms with van der Waals surface area (Å²) in [4.78, 5) is 2.49. The molecule has 1 atom stereocenters. The van der Waals surface area contributed by atoms with Gasteiger partial charge < -0.3 is 4.90 Å². The highest BCUT2D eigenvalue weighted by Crippen LogP contribution is 2.36. The number of hydrogen-bond donors (Lipinski definition) is 0. The number of benzene rings is 1. The minimum atomic E-state index is 0.441. The first kappa shape index (κ1) is 15.4. The minimum Gasteiger partial charge on any atom is -0.365 e. The van der Waals surface area contributed by atoms with Crippen LogP contribution in [0.5, 0.6) is 0 Å². The number of nitrogens with zero attached hydrogens (tertiary/aromatic N) is 1. The van der Waals surface area contributed by atoms with Crippen LogP contribution in [0.25, 0.3) is 0 Å². The highest BCUT2D eigenvalue weighted by atomic mass is 79.9. The van der Waals surface area contributed by atoms with Crippen molar-refractivity contribution in [1.82, 2.24) is 4.90 Å². The zero-order valence-electron chi connectivity index (χ0n) is 12.5. The minimum absolute atomic E-state index is 0.441. The summed E-state index contributed by atoms with van der Waals surface area (Å²) < 4.78 is 1.21. The third-order valence-corrected chi connectivity index (χ3v) is 4.56. The van der Waals surface area contributed by atoms with E-state index in [1.165, 1.54) is 41.3 Å². The van der Waals surface area contributed by atoms with Crippen molar-refractivity contribution in [3.63, 3.8) is 0 Å². The molecule has 1 aliphatic rings. The van der Waals surface area contributed by atoms with Gasteiger partial charge in [-0.25, -0.2) is 0 Å². The maximum atomic E-state index is 4.30. The third kappa shape index (κ3) is 3.76. The predicted octanol–water partition coefficient (Wildman–Crippen LogP) is 5.85. The Hall–Kier alpha value is -1.02. The van der Waals surface area contributed by atoms with E-state index in [0.29, 0.717) is 6.04 Å². The van der Waals surface area contributed by atoms with Gasteiger partial charge in [-0.05, 0) is 44.4 Å². The Balaban J connectivity index is 2.33. The Bertz CT molecular complexity index is 500. The molecule has 1 aliphatic heterocycles. The number of allylic oxidation sites excluding steroid dienone is 2. The summed E-state index contributed by atoms with van der Waals surface area (Å²) >= 11 is 3.71. The fourth-order valence-electron chi connectivity index (χ4n) is 2.94. The van der Waals surface area contributed by atoms with Crippen LogP contribution in [0.4, 0.5) is 0 Å². The van der Waals surface area contributed by atoms with Crippen LogP contribution in [-0.2, 0) is 0 Å². The third-order valence-electron chi connectivity index (χ3n) is 3.84. The molecular formula is C18H24BrN. The van der Waals surface area contributed by atoms with Gasteiger partial charge in [0, 0.05) is 16.7 Å². The van der Waals surface area contributed by atoms with Crippen LogP contribution < -0.4 is 0 Å². The average molecular weight is 334 g/mol. The SMILES string of the molecule is C=C(C=C(C)C)N1CCCCCC1c1ccccc1Br. The molecular weight excluding hydrogens is 310 g/mol. The van der Waals surface area contributed by atoms with Crippen molar-refractivity contribution >= 4 is 15.9 Å². The molecule has 1 heterocycles. The van der Waals surface area contributed by atoms with E-state index >= 15 is 0 Å². The Labute approximate surface area is 131 Å². The molecule has 0 saturated carbocycles. The lowest BCUT2D eigenvalue weighted by atomic mass is 10.0. The van der Waals surface area contributed by atoms with Gasteiger partial charge >= 0.3 is 0 Å². The van der Waals surface area contributed by atoms with Crippen molar-refractivity contribution in [2.45, 2.75) is 45.6 Å². The molecule has 1 aromatic carbocycles. The Morgan fingerprint density at radius 1 is 1.25 bits per heavy atom. The average Bonchev–Trinajstić information content (AvgIpc) is 2.64. The van der Waals surface area contributed by atoms with Crippen LogP contribution in [0.3, 0.4) is 0 Å². The van der Waals surface area contributed by atoms with Gasteiger partial charge in [0.25, 0.3) is 0 Å². The first-order valence-electron chi connectivity index (χ1n) is 7.44. The van der Waals surface area contributed by atoms with Crippen molar-refractivity contribution < 1.29 is 0 Å².